The van der Waals surface area contributed by atoms with Gasteiger partial charge in [-0.3, -0.25) is 14.5 Å². The van der Waals surface area contributed by atoms with E-state index in [1.165, 1.54) is 10.2 Å². The number of rotatable bonds is 22. The van der Waals surface area contributed by atoms with Gasteiger partial charge in [-0.25, -0.2) is 23.8 Å². The van der Waals surface area contributed by atoms with E-state index in [-0.39, 0.29) is 43.3 Å². The average Bonchev–Trinajstić information content (AvgIpc) is 0.817. The van der Waals surface area contributed by atoms with Crippen molar-refractivity contribution in [1.29, 1.82) is 0 Å². The largest absolute Gasteiger partial charge is 0.458 e. The van der Waals surface area contributed by atoms with Crippen molar-refractivity contribution in [3.63, 3.8) is 0 Å². The SMILES string of the molecule is CO[C@H](c1ccc(-c2cnc(N)nc2)cc1)[C@@H](CF)n1cc(CCN(C)[C@@H]2C[C@H](O[C@@H]3[C@@H](C)C([C@H]4C[C@@](C)(OC)[C@@H](O)[C@H](C)O4)[C@@H](C)C(=O)O[C@H](C)[C@@](C)(OC(N)=O)[C@H](CNCC4CCN(Cc5ccccc5)CC4)[C@@H](C)C(=O)[C@H](C)C[C@@]3(C)OC)O[C@H](C)C2)nn1. The molecule has 4 aromatic rings. The highest BCUT2D eigenvalue weighted by Crippen LogP contribution is 2.47. The number of nitrogens with two attached hydrogens (primary N) is 2. The van der Waals surface area contributed by atoms with Crippen LogP contribution in [-0.4, -0.2) is 191 Å². The summed E-state index contributed by atoms with van der Waals surface area (Å²) in [4.78, 5) is 56.8. The number of anilines is 1. The Bertz CT molecular complexity index is 2980. The fourth-order valence-electron chi connectivity index (χ4n) is 15.3. The standard InChI is InChI=1S/C69H105FN10O12/c1-41-32-68(9,87-14)63(91-58-31-54(30-42(2)88-58)78(11)27-26-53-40-80(77-76-53)56(34-70)61(85-12)51-22-20-50(21-23-51)52-36-74-65(71)75-37-52)44(4)59(57-33-67(8,86-13)62(82)46(6)89-57)45(5)64(83)90-47(7)69(10,92-66(72)84)55(43(3)60(41)81)38-73-35-48-24-28-79(29-25-48)39-49-18-16-15-17-19-49/h15-23,36-37,40-48,54-59,61-63,73,82H,24-35,38-39H2,1-14H3,(H2,72,84)(H2,71,74,75)/t41-,42-,43-,44+,45-,46+,47-,54+,55-,56-,57-,58+,59?,61-,62+,63-,67-,68-,69-/m1/s1. The molecule has 4 saturated heterocycles. The minimum absolute atomic E-state index is 0.0328. The molecule has 0 spiro atoms. The van der Waals surface area contributed by atoms with Gasteiger partial charge in [0.05, 0.1) is 47.2 Å². The van der Waals surface area contributed by atoms with Crippen LogP contribution in [0.4, 0.5) is 15.1 Å². The highest BCUT2D eigenvalue weighted by Gasteiger charge is 2.56. The van der Waals surface area contributed by atoms with Gasteiger partial charge in [-0.05, 0) is 122 Å². The molecule has 8 rings (SSSR count). The number of hydrogen-bond acceptors (Lipinski definition) is 20. The van der Waals surface area contributed by atoms with Crippen LogP contribution in [0, 0.1) is 41.4 Å². The molecule has 19 atom stereocenters. The zero-order valence-electron chi connectivity index (χ0n) is 56.7. The molecule has 4 aliphatic rings. The van der Waals surface area contributed by atoms with E-state index in [9.17, 15) is 9.90 Å². The first-order valence-corrected chi connectivity index (χ1v) is 33.1. The number of halogens is 1. The summed E-state index contributed by atoms with van der Waals surface area (Å²) < 4.78 is 69.0. The topological polar surface area (TPSA) is 272 Å². The third-order valence-electron chi connectivity index (χ3n) is 21.2. The van der Waals surface area contributed by atoms with Crippen LogP contribution in [0.1, 0.15) is 137 Å². The molecule has 2 aromatic carbocycles. The van der Waals surface area contributed by atoms with Crippen molar-refractivity contribution in [1.82, 2.24) is 40.1 Å². The van der Waals surface area contributed by atoms with E-state index in [4.69, 9.17) is 49.4 Å². The summed E-state index contributed by atoms with van der Waals surface area (Å²) in [5.41, 5.74) is 12.2. The number of esters is 1. The number of cyclic esters (lactones) is 1. The summed E-state index contributed by atoms with van der Waals surface area (Å²) in [6.07, 6.45) is 2.04. The third-order valence-corrected chi connectivity index (χ3v) is 21.2. The van der Waals surface area contributed by atoms with Crippen LogP contribution in [-0.2, 0) is 60.4 Å². The number of nitrogens with one attached hydrogen (secondary N) is 1. The van der Waals surface area contributed by atoms with Crippen LogP contribution in [0.15, 0.2) is 73.2 Å². The minimum atomic E-state index is -1.58. The Morgan fingerprint density at radius 2 is 1.55 bits per heavy atom. The van der Waals surface area contributed by atoms with Crippen molar-refractivity contribution in [2.24, 2.45) is 47.2 Å². The average molecular weight is 1290 g/mol. The number of ether oxygens (including phenoxy) is 8. The molecule has 22 nitrogen and oxygen atoms in total. The van der Waals surface area contributed by atoms with E-state index in [0.29, 0.717) is 44.0 Å². The van der Waals surface area contributed by atoms with Gasteiger partial charge in [0.15, 0.2) is 11.9 Å². The number of nitrogens with zero attached hydrogens (tertiary/aromatic N) is 7. The Morgan fingerprint density at radius 1 is 0.880 bits per heavy atom. The molecule has 0 bridgehead atoms. The van der Waals surface area contributed by atoms with Crippen molar-refractivity contribution >= 4 is 23.8 Å². The number of nitrogen functional groups attached to an aromatic ring is 1. The molecule has 510 valence electrons. The first-order chi connectivity index (χ1) is 43.7. The Balaban J connectivity index is 1.04. The molecule has 0 saturated carbocycles. The molecule has 4 aliphatic heterocycles. The number of carbonyl (C=O) groups is 3. The van der Waals surface area contributed by atoms with Gasteiger partial charge in [0.2, 0.25) is 5.95 Å². The molecular weight excluding hydrogens is 1180 g/mol. The normalized spacial score (nSPS) is 34.0. The number of hydrogen-bond donors (Lipinski definition) is 4. The predicted molar refractivity (Wildman–Crippen MR) is 346 cm³/mol. The van der Waals surface area contributed by atoms with E-state index in [0.717, 1.165) is 49.2 Å². The lowest BCUT2D eigenvalue weighted by atomic mass is 9.67. The van der Waals surface area contributed by atoms with Crippen molar-refractivity contribution in [3.8, 4) is 11.1 Å². The Morgan fingerprint density at radius 3 is 2.18 bits per heavy atom. The number of aromatic nitrogens is 5. The van der Waals surface area contributed by atoms with E-state index in [1.807, 2.05) is 78.8 Å². The predicted octanol–water partition coefficient (Wildman–Crippen LogP) is 8.35. The zero-order valence-corrected chi connectivity index (χ0v) is 56.7. The van der Waals surface area contributed by atoms with Gasteiger partial charge in [0.1, 0.15) is 36.8 Å². The van der Waals surface area contributed by atoms with Crippen LogP contribution in [0.2, 0.25) is 0 Å². The number of carbonyl (C=O) groups excluding carboxylic acids is 3. The van der Waals surface area contributed by atoms with Gasteiger partial charge in [-0.15, -0.1) is 5.10 Å². The van der Waals surface area contributed by atoms with Crippen molar-refractivity contribution < 1.29 is 61.8 Å². The number of benzene rings is 2. The van der Waals surface area contributed by atoms with Gasteiger partial charge in [-0.1, -0.05) is 87.5 Å². The maximum atomic E-state index is 15.4. The van der Waals surface area contributed by atoms with Crippen LogP contribution in [0.3, 0.4) is 0 Å². The van der Waals surface area contributed by atoms with Crippen molar-refractivity contribution in [2.75, 3.05) is 73.5 Å². The summed E-state index contributed by atoms with van der Waals surface area (Å²) in [7, 11) is 6.78. The molecule has 1 unspecified atom stereocenters. The van der Waals surface area contributed by atoms with E-state index < -0.39 is 120 Å². The second-order valence-corrected chi connectivity index (χ2v) is 27.5. The number of aliphatic hydroxyl groups is 1. The quantitative estimate of drug-likeness (QED) is 0.0538. The zero-order chi connectivity index (χ0) is 66.8. The highest BCUT2D eigenvalue weighted by molar-refractivity contribution is 5.83. The molecule has 92 heavy (non-hydrogen) atoms. The monoisotopic (exact) mass is 1280 g/mol. The smallest absolute Gasteiger partial charge is 0.405 e. The van der Waals surface area contributed by atoms with E-state index >= 15 is 14.0 Å². The number of methoxy groups -OCH3 is 3. The number of likely N-dealkylation sites (N-methyl/N-ethyl adjacent to an activating group) is 1. The molecule has 0 aliphatic carbocycles. The second kappa shape index (κ2) is 31.8. The molecule has 23 heteroatoms. The number of likely N-dealkylation sites (tertiary alicyclic amines) is 1. The molecule has 0 radical (unpaired) electrons. The van der Waals surface area contributed by atoms with Crippen molar-refractivity contribution in [3.05, 3.63) is 90.0 Å². The Hall–Kier alpha value is -5.60. The van der Waals surface area contributed by atoms with Gasteiger partial charge in [-0.2, -0.15) is 0 Å². The first kappa shape index (κ1) is 72.2. The van der Waals surface area contributed by atoms with Crippen LogP contribution in [0.5, 0.6) is 0 Å². The van der Waals surface area contributed by atoms with Crippen LogP contribution in [0.25, 0.3) is 11.1 Å². The number of primary amides is 1. The lowest BCUT2D eigenvalue weighted by Gasteiger charge is -2.52. The number of aliphatic hydroxyl groups excluding tert-OH is 1. The minimum Gasteiger partial charge on any atom is -0.458 e. The first-order valence-electron chi connectivity index (χ1n) is 33.1. The number of piperidine rings is 1. The summed E-state index contributed by atoms with van der Waals surface area (Å²) in [6.45, 7) is 22.1. The third kappa shape index (κ3) is 17.1. The summed E-state index contributed by atoms with van der Waals surface area (Å²) in [6, 6.07) is 17.2. The fraction of sp³-hybridized carbons (Fsp3) is 0.696. The molecule has 6 N–H and O–H groups in total. The second-order valence-electron chi connectivity index (χ2n) is 27.5. The number of amides is 1. The van der Waals surface area contributed by atoms with Gasteiger partial charge in [0, 0.05) is 114 Å². The van der Waals surface area contributed by atoms with Gasteiger partial charge >= 0.3 is 12.1 Å². The van der Waals surface area contributed by atoms with Crippen LogP contribution < -0.4 is 16.8 Å². The summed E-state index contributed by atoms with van der Waals surface area (Å²) >= 11 is 0. The molecular formula is C69H105FN10O12. The number of alkyl halides is 1. The van der Waals surface area contributed by atoms with E-state index in [1.54, 1.807) is 60.7 Å². The van der Waals surface area contributed by atoms with Gasteiger partial charge < -0.3 is 64.7 Å². The Kier molecular flexibility index (Phi) is 24.9. The highest BCUT2D eigenvalue weighted by atomic mass is 19.1. The molecule has 1 amide bonds. The number of Topliss-reactive ketones (excluding diaryl/α,β-unsaturated/α-hetero) is 1. The van der Waals surface area contributed by atoms with E-state index in [2.05, 4.69) is 66.7 Å². The fourth-order valence-corrected chi connectivity index (χ4v) is 15.3. The molecule has 6 heterocycles. The molecule has 2 aromatic heterocycles. The lowest BCUT2D eigenvalue weighted by Crippen LogP contribution is -2.61. The number of ketones is 1. The maximum Gasteiger partial charge on any atom is 0.405 e. The van der Waals surface area contributed by atoms with Gasteiger partial charge in [0.25, 0.3) is 0 Å². The Labute approximate surface area is 544 Å². The maximum absolute atomic E-state index is 15.4. The summed E-state index contributed by atoms with van der Waals surface area (Å²) in [5.74, 6) is -4.41. The van der Waals surface area contributed by atoms with Crippen molar-refractivity contribution in [2.45, 2.75) is 199 Å². The van der Waals surface area contributed by atoms with Crippen LogP contribution >= 0.6 is 0 Å². The molecule has 4 fully saturated rings. The summed E-state index contributed by atoms with van der Waals surface area (Å²) in [5, 5.41) is 24.1. The lowest BCUT2D eigenvalue weighted by molar-refractivity contribution is -0.278.